The maximum atomic E-state index is 11.3. The zero-order valence-electron chi connectivity index (χ0n) is 11.6. The molecule has 0 radical (unpaired) electrons. The summed E-state index contributed by atoms with van der Waals surface area (Å²) in [7, 11) is 1.64. The molecule has 3 N–H and O–H groups in total. The highest BCUT2D eigenvalue weighted by Crippen LogP contribution is 2.21. The van der Waals surface area contributed by atoms with Gasteiger partial charge in [-0.05, 0) is 42.8 Å². The van der Waals surface area contributed by atoms with Crippen molar-refractivity contribution in [2.24, 2.45) is 0 Å². The van der Waals surface area contributed by atoms with Gasteiger partial charge in [0.25, 0.3) is 0 Å². The molecule has 2 aromatic carbocycles. The van der Waals surface area contributed by atoms with Gasteiger partial charge >= 0.3 is 0 Å². The number of anilines is 2. The van der Waals surface area contributed by atoms with Gasteiger partial charge in [0, 0.05) is 12.1 Å². The Labute approximate surface area is 118 Å². The standard InChI is InChI=1S/C16H18N2O2/c1-11(19)13-5-8-16(15(17)9-13)18-10-12-3-6-14(20-2)7-4-12/h3-9,18H,10,17H2,1-2H3. The zero-order valence-corrected chi connectivity index (χ0v) is 11.6. The van der Waals surface area contributed by atoms with Crippen molar-refractivity contribution in [3.05, 3.63) is 53.6 Å². The topological polar surface area (TPSA) is 64.3 Å². The number of benzene rings is 2. The number of carbonyl (C=O) groups is 1. The van der Waals surface area contributed by atoms with Crippen LogP contribution in [-0.2, 0) is 6.54 Å². The first-order valence-electron chi connectivity index (χ1n) is 6.37. The number of hydrogen-bond acceptors (Lipinski definition) is 4. The highest BCUT2D eigenvalue weighted by Gasteiger charge is 2.04. The van der Waals surface area contributed by atoms with E-state index in [0.717, 1.165) is 17.0 Å². The Morgan fingerprint density at radius 2 is 1.90 bits per heavy atom. The van der Waals surface area contributed by atoms with Crippen LogP contribution >= 0.6 is 0 Å². The molecule has 20 heavy (non-hydrogen) atoms. The summed E-state index contributed by atoms with van der Waals surface area (Å²) in [6, 6.07) is 13.1. The quantitative estimate of drug-likeness (QED) is 0.647. The third kappa shape index (κ3) is 3.29. The lowest BCUT2D eigenvalue weighted by Gasteiger charge is -2.10. The third-order valence-corrected chi connectivity index (χ3v) is 3.10. The summed E-state index contributed by atoms with van der Waals surface area (Å²) in [6.07, 6.45) is 0. The van der Waals surface area contributed by atoms with Crippen molar-refractivity contribution in [3.63, 3.8) is 0 Å². The highest BCUT2D eigenvalue weighted by molar-refractivity contribution is 5.95. The van der Waals surface area contributed by atoms with Gasteiger partial charge in [-0.25, -0.2) is 0 Å². The Morgan fingerprint density at radius 3 is 2.45 bits per heavy atom. The normalized spacial score (nSPS) is 10.1. The van der Waals surface area contributed by atoms with Gasteiger partial charge in [0.15, 0.2) is 5.78 Å². The molecule has 2 aromatic rings. The average Bonchev–Trinajstić information content (AvgIpc) is 2.46. The van der Waals surface area contributed by atoms with Crippen LogP contribution in [0.5, 0.6) is 5.75 Å². The Hall–Kier alpha value is -2.49. The van der Waals surface area contributed by atoms with Crippen LogP contribution in [0.4, 0.5) is 11.4 Å². The first kappa shape index (κ1) is 13.9. The van der Waals surface area contributed by atoms with Crippen LogP contribution in [0, 0.1) is 0 Å². The molecule has 0 bridgehead atoms. The van der Waals surface area contributed by atoms with Crippen LogP contribution in [0.15, 0.2) is 42.5 Å². The minimum absolute atomic E-state index is 0.0124. The van der Waals surface area contributed by atoms with Crippen molar-refractivity contribution >= 4 is 17.2 Å². The van der Waals surface area contributed by atoms with E-state index in [0.29, 0.717) is 17.8 Å². The summed E-state index contributed by atoms with van der Waals surface area (Å²) in [4.78, 5) is 11.3. The third-order valence-electron chi connectivity index (χ3n) is 3.10. The second-order valence-electron chi connectivity index (χ2n) is 4.56. The first-order chi connectivity index (χ1) is 9.60. The number of nitrogens with one attached hydrogen (secondary N) is 1. The van der Waals surface area contributed by atoms with Crippen LogP contribution in [-0.4, -0.2) is 12.9 Å². The number of ether oxygens (including phenoxy) is 1. The second-order valence-corrected chi connectivity index (χ2v) is 4.56. The van der Waals surface area contributed by atoms with Crippen LogP contribution in [0.25, 0.3) is 0 Å². The molecule has 0 spiro atoms. The fourth-order valence-corrected chi connectivity index (χ4v) is 1.88. The lowest BCUT2D eigenvalue weighted by Crippen LogP contribution is -2.04. The van der Waals surface area contributed by atoms with E-state index in [9.17, 15) is 4.79 Å². The van der Waals surface area contributed by atoms with Gasteiger partial charge < -0.3 is 15.8 Å². The zero-order chi connectivity index (χ0) is 14.5. The molecule has 4 nitrogen and oxygen atoms in total. The maximum Gasteiger partial charge on any atom is 0.159 e. The van der Waals surface area contributed by atoms with Gasteiger partial charge in [0.2, 0.25) is 0 Å². The molecule has 0 amide bonds. The Balaban J connectivity index is 2.04. The molecule has 0 aliphatic heterocycles. The monoisotopic (exact) mass is 270 g/mol. The summed E-state index contributed by atoms with van der Waals surface area (Å²) in [6.45, 7) is 2.19. The molecule has 0 unspecified atom stereocenters. The highest BCUT2D eigenvalue weighted by atomic mass is 16.5. The van der Waals surface area contributed by atoms with Crippen LogP contribution in [0.1, 0.15) is 22.8 Å². The molecule has 104 valence electrons. The molecule has 0 saturated carbocycles. The maximum absolute atomic E-state index is 11.3. The van der Waals surface area contributed by atoms with E-state index in [-0.39, 0.29) is 5.78 Å². The molecule has 0 fully saturated rings. The number of nitrogen functional groups attached to an aromatic ring is 1. The van der Waals surface area contributed by atoms with E-state index >= 15 is 0 Å². The number of nitrogens with two attached hydrogens (primary N) is 1. The summed E-state index contributed by atoms with van der Waals surface area (Å²) in [5, 5.41) is 3.26. The molecule has 4 heteroatoms. The number of carbonyl (C=O) groups excluding carboxylic acids is 1. The van der Waals surface area contributed by atoms with Crippen molar-refractivity contribution in [1.29, 1.82) is 0 Å². The number of rotatable bonds is 5. The minimum atomic E-state index is 0.0124. The fourth-order valence-electron chi connectivity index (χ4n) is 1.88. The molecular weight excluding hydrogens is 252 g/mol. The number of methoxy groups -OCH3 is 1. The summed E-state index contributed by atoms with van der Waals surface area (Å²) < 4.78 is 5.11. The van der Waals surface area contributed by atoms with E-state index in [1.54, 1.807) is 19.2 Å². The van der Waals surface area contributed by atoms with E-state index in [1.165, 1.54) is 6.92 Å². The predicted molar refractivity (Wildman–Crippen MR) is 81.2 cm³/mol. The van der Waals surface area contributed by atoms with Crippen LogP contribution < -0.4 is 15.8 Å². The Kier molecular flexibility index (Phi) is 4.25. The molecular formula is C16H18N2O2. The van der Waals surface area contributed by atoms with Crippen molar-refractivity contribution in [2.45, 2.75) is 13.5 Å². The predicted octanol–water partition coefficient (Wildman–Crippen LogP) is 3.09. The largest absolute Gasteiger partial charge is 0.497 e. The Morgan fingerprint density at radius 1 is 1.20 bits per heavy atom. The number of hydrogen-bond donors (Lipinski definition) is 2. The lowest BCUT2D eigenvalue weighted by molar-refractivity contribution is 0.101. The van der Waals surface area contributed by atoms with Gasteiger partial charge in [0.1, 0.15) is 5.75 Å². The lowest BCUT2D eigenvalue weighted by atomic mass is 10.1. The molecule has 0 heterocycles. The van der Waals surface area contributed by atoms with Gasteiger partial charge in [-0.15, -0.1) is 0 Å². The van der Waals surface area contributed by atoms with E-state index < -0.39 is 0 Å². The van der Waals surface area contributed by atoms with Crippen molar-refractivity contribution in [1.82, 2.24) is 0 Å². The summed E-state index contributed by atoms with van der Waals surface area (Å²) in [5.41, 5.74) is 9.08. The van der Waals surface area contributed by atoms with Crippen molar-refractivity contribution < 1.29 is 9.53 Å². The van der Waals surface area contributed by atoms with Crippen LogP contribution in [0.3, 0.4) is 0 Å². The van der Waals surface area contributed by atoms with Gasteiger partial charge in [-0.1, -0.05) is 12.1 Å². The van der Waals surface area contributed by atoms with E-state index in [2.05, 4.69) is 5.32 Å². The van der Waals surface area contributed by atoms with Crippen LogP contribution in [0.2, 0.25) is 0 Å². The number of Topliss-reactive ketones (excluding diaryl/α,β-unsaturated/α-hetero) is 1. The smallest absolute Gasteiger partial charge is 0.159 e. The van der Waals surface area contributed by atoms with Crippen molar-refractivity contribution in [2.75, 3.05) is 18.2 Å². The molecule has 0 aliphatic carbocycles. The minimum Gasteiger partial charge on any atom is -0.497 e. The molecule has 0 saturated heterocycles. The molecule has 0 aromatic heterocycles. The molecule has 2 rings (SSSR count). The molecule has 0 atom stereocenters. The average molecular weight is 270 g/mol. The van der Waals surface area contributed by atoms with Gasteiger partial charge in [-0.3, -0.25) is 4.79 Å². The summed E-state index contributed by atoms with van der Waals surface area (Å²) >= 11 is 0. The van der Waals surface area contributed by atoms with E-state index in [1.807, 2.05) is 30.3 Å². The second kappa shape index (κ2) is 6.10. The first-order valence-corrected chi connectivity index (χ1v) is 6.37. The summed E-state index contributed by atoms with van der Waals surface area (Å²) in [5.74, 6) is 0.845. The van der Waals surface area contributed by atoms with Gasteiger partial charge in [0.05, 0.1) is 18.5 Å². The van der Waals surface area contributed by atoms with Gasteiger partial charge in [-0.2, -0.15) is 0 Å². The molecule has 0 aliphatic rings. The number of ketones is 1. The van der Waals surface area contributed by atoms with Crippen molar-refractivity contribution in [3.8, 4) is 5.75 Å². The fraction of sp³-hybridized carbons (Fsp3) is 0.188. The Bertz CT molecular complexity index is 606. The van der Waals surface area contributed by atoms with E-state index in [4.69, 9.17) is 10.5 Å². The SMILES string of the molecule is COc1ccc(CNc2ccc(C(C)=O)cc2N)cc1.